The number of carbonyl (C=O) groups excluding carboxylic acids is 1. The summed E-state index contributed by atoms with van der Waals surface area (Å²) in [5.74, 6) is -0.722. The van der Waals surface area contributed by atoms with Crippen LogP contribution in [0.2, 0.25) is 0 Å². The first-order valence-electron chi connectivity index (χ1n) is 4.24. The lowest BCUT2D eigenvalue weighted by Crippen LogP contribution is -2.30. The molecule has 0 bridgehead atoms. The van der Waals surface area contributed by atoms with E-state index in [1.165, 1.54) is 12.1 Å². The molecule has 0 amide bonds. The van der Waals surface area contributed by atoms with Crippen LogP contribution in [0.3, 0.4) is 0 Å². The molecule has 15 heavy (non-hydrogen) atoms. The molecule has 1 rings (SSSR count). The van der Waals surface area contributed by atoms with E-state index >= 15 is 0 Å². The summed E-state index contributed by atoms with van der Waals surface area (Å²) >= 11 is 0. The number of benzene rings is 1. The number of aliphatic hydroxyl groups is 1. The summed E-state index contributed by atoms with van der Waals surface area (Å²) in [4.78, 5) is 11.2. The van der Waals surface area contributed by atoms with Gasteiger partial charge >= 0.3 is 6.18 Å². The molecule has 2 nitrogen and oxygen atoms in total. The van der Waals surface area contributed by atoms with Crippen LogP contribution < -0.4 is 0 Å². The van der Waals surface area contributed by atoms with Crippen LogP contribution in [0.4, 0.5) is 13.2 Å². The van der Waals surface area contributed by atoms with E-state index in [2.05, 4.69) is 0 Å². The highest BCUT2D eigenvalue weighted by Crippen LogP contribution is 2.23. The zero-order valence-corrected chi connectivity index (χ0v) is 7.66. The van der Waals surface area contributed by atoms with E-state index < -0.39 is 24.5 Å². The third kappa shape index (κ3) is 3.36. The number of Topliss-reactive ketones (excluding diaryl/α,β-unsaturated/α-hetero) is 1. The van der Waals surface area contributed by atoms with E-state index in [9.17, 15) is 18.0 Å². The number of carbonyl (C=O) groups is 1. The zero-order chi connectivity index (χ0) is 11.5. The molecule has 5 heteroatoms. The molecule has 1 N–H and O–H groups in total. The van der Waals surface area contributed by atoms with Crippen molar-refractivity contribution < 1.29 is 23.1 Å². The van der Waals surface area contributed by atoms with Crippen molar-refractivity contribution in [1.29, 1.82) is 0 Å². The fourth-order valence-corrected chi connectivity index (χ4v) is 1.03. The van der Waals surface area contributed by atoms with E-state index in [0.717, 1.165) is 0 Å². The lowest BCUT2D eigenvalue weighted by Gasteiger charge is -2.13. The molecule has 1 atom stereocenters. The Morgan fingerprint density at radius 3 is 2.27 bits per heavy atom. The summed E-state index contributed by atoms with van der Waals surface area (Å²) in [6.07, 6.45) is -8.27. The number of halogens is 3. The van der Waals surface area contributed by atoms with Crippen LogP contribution in [0.15, 0.2) is 30.3 Å². The third-order valence-corrected chi connectivity index (χ3v) is 1.85. The molecule has 0 spiro atoms. The highest BCUT2D eigenvalue weighted by Gasteiger charge is 2.39. The Morgan fingerprint density at radius 2 is 1.80 bits per heavy atom. The predicted molar refractivity (Wildman–Crippen MR) is 47.5 cm³/mol. The second-order valence-electron chi connectivity index (χ2n) is 3.05. The standard InChI is InChI=1S/C10H9F3O2/c11-10(12,13)9(15)6-8(14)7-4-2-1-3-5-7/h1-5,9,15H,6H2/t9-/m1/s1. The SMILES string of the molecule is O=C(C[C@@H](O)C(F)(F)F)c1ccccc1. The van der Waals surface area contributed by atoms with E-state index in [-0.39, 0.29) is 5.56 Å². The van der Waals surface area contributed by atoms with Gasteiger partial charge in [0.1, 0.15) is 0 Å². The molecule has 0 saturated carbocycles. The summed E-state index contributed by atoms with van der Waals surface area (Å²) in [6.45, 7) is 0. The number of aliphatic hydroxyl groups excluding tert-OH is 1. The number of hydrogen-bond acceptors (Lipinski definition) is 2. The maximum atomic E-state index is 11.9. The monoisotopic (exact) mass is 218 g/mol. The first kappa shape index (κ1) is 11.7. The predicted octanol–water partition coefficient (Wildman–Crippen LogP) is 2.18. The van der Waals surface area contributed by atoms with Crippen molar-refractivity contribution in [2.75, 3.05) is 0 Å². The van der Waals surface area contributed by atoms with Crippen LogP contribution in [0.5, 0.6) is 0 Å². The number of alkyl halides is 3. The maximum Gasteiger partial charge on any atom is 0.414 e. The maximum absolute atomic E-state index is 11.9. The normalized spacial score (nSPS) is 13.6. The van der Waals surface area contributed by atoms with Gasteiger partial charge < -0.3 is 5.11 Å². The van der Waals surface area contributed by atoms with Gasteiger partial charge in [-0.25, -0.2) is 0 Å². The van der Waals surface area contributed by atoms with Gasteiger partial charge in [0, 0.05) is 12.0 Å². The quantitative estimate of drug-likeness (QED) is 0.789. The lowest BCUT2D eigenvalue weighted by molar-refractivity contribution is -0.202. The van der Waals surface area contributed by atoms with Crippen LogP contribution in [0, 0.1) is 0 Å². The Morgan fingerprint density at radius 1 is 1.27 bits per heavy atom. The first-order chi connectivity index (χ1) is 6.91. The van der Waals surface area contributed by atoms with Gasteiger partial charge in [-0.3, -0.25) is 4.79 Å². The largest absolute Gasteiger partial charge is 0.414 e. The third-order valence-electron chi connectivity index (χ3n) is 1.85. The molecule has 1 aromatic rings. The van der Waals surface area contributed by atoms with Gasteiger partial charge in [-0.2, -0.15) is 13.2 Å². The molecular formula is C10H9F3O2. The van der Waals surface area contributed by atoms with Crippen molar-refractivity contribution in [2.24, 2.45) is 0 Å². The van der Waals surface area contributed by atoms with Crippen molar-refractivity contribution >= 4 is 5.78 Å². The summed E-state index contributed by atoms with van der Waals surface area (Å²) in [5.41, 5.74) is 0.167. The lowest BCUT2D eigenvalue weighted by atomic mass is 10.1. The van der Waals surface area contributed by atoms with Gasteiger partial charge in [0.15, 0.2) is 11.9 Å². The van der Waals surface area contributed by atoms with Crippen LogP contribution >= 0.6 is 0 Å². The molecule has 0 unspecified atom stereocenters. The van der Waals surface area contributed by atoms with Crippen molar-refractivity contribution in [3.63, 3.8) is 0 Å². The van der Waals surface area contributed by atoms with Crippen molar-refractivity contribution in [3.05, 3.63) is 35.9 Å². The molecular weight excluding hydrogens is 209 g/mol. The molecule has 0 aliphatic heterocycles. The van der Waals surface area contributed by atoms with Crippen LogP contribution in [0.25, 0.3) is 0 Å². The highest BCUT2D eigenvalue weighted by atomic mass is 19.4. The van der Waals surface area contributed by atoms with E-state index in [1.54, 1.807) is 18.2 Å². The average Bonchev–Trinajstić information content (AvgIpc) is 2.17. The fourth-order valence-electron chi connectivity index (χ4n) is 1.03. The molecule has 0 fully saturated rings. The van der Waals surface area contributed by atoms with Gasteiger partial charge in [0.2, 0.25) is 0 Å². The van der Waals surface area contributed by atoms with Gasteiger partial charge in [-0.15, -0.1) is 0 Å². The number of hydrogen-bond donors (Lipinski definition) is 1. The Kier molecular flexibility index (Phi) is 3.47. The van der Waals surface area contributed by atoms with Gasteiger partial charge in [-0.1, -0.05) is 30.3 Å². The summed E-state index contributed by atoms with van der Waals surface area (Å²) < 4.78 is 35.8. The smallest absolute Gasteiger partial charge is 0.383 e. The number of ketones is 1. The summed E-state index contributed by atoms with van der Waals surface area (Å²) in [6, 6.07) is 7.56. The van der Waals surface area contributed by atoms with Gasteiger partial charge in [0.05, 0.1) is 0 Å². The molecule has 82 valence electrons. The van der Waals surface area contributed by atoms with Crippen molar-refractivity contribution in [3.8, 4) is 0 Å². The molecule has 0 radical (unpaired) electrons. The molecule has 0 heterocycles. The van der Waals surface area contributed by atoms with Crippen molar-refractivity contribution in [1.82, 2.24) is 0 Å². The minimum Gasteiger partial charge on any atom is -0.383 e. The molecule has 0 aromatic heterocycles. The molecule has 0 saturated heterocycles. The van der Waals surface area contributed by atoms with Crippen molar-refractivity contribution in [2.45, 2.75) is 18.7 Å². The summed E-state index contributed by atoms with van der Waals surface area (Å²) in [5, 5.41) is 8.67. The van der Waals surface area contributed by atoms with E-state index in [4.69, 9.17) is 5.11 Å². The zero-order valence-electron chi connectivity index (χ0n) is 7.66. The van der Waals surface area contributed by atoms with Crippen LogP contribution in [-0.2, 0) is 0 Å². The minimum atomic E-state index is -4.75. The highest BCUT2D eigenvalue weighted by molar-refractivity contribution is 5.96. The Bertz CT molecular complexity index is 332. The van der Waals surface area contributed by atoms with Gasteiger partial charge in [-0.05, 0) is 0 Å². The van der Waals surface area contributed by atoms with E-state index in [1.807, 2.05) is 0 Å². The first-order valence-corrected chi connectivity index (χ1v) is 4.24. The second kappa shape index (κ2) is 4.44. The number of rotatable bonds is 3. The topological polar surface area (TPSA) is 37.3 Å². The fraction of sp³-hybridized carbons (Fsp3) is 0.300. The minimum absolute atomic E-state index is 0.167. The Balaban J connectivity index is 2.65. The molecule has 0 aliphatic rings. The Labute approximate surface area is 84.3 Å². The van der Waals surface area contributed by atoms with E-state index in [0.29, 0.717) is 0 Å². The molecule has 0 aliphatic carbocycles. The second-order valence-corrected chi connectivity index (χ2v) is 3.05. The Hall–Kier alpha value is -1.36. The van der Waals surface area contributed by atoms with Crippen LogP contribution in [-0.4, -0.2) is 23.2 Å². The average molecular weight is 218 g/mol. The van der Waals surface area contributed by atoms with Crippen LogP contribution in [0.1, 0.15) is 16.8 Å². The van der Waals surface area contributed by atoms with Gasteiger partial charge in [0.25, 0.3) is 0 Å². The summed E-state index contributed by atoms with van der Waals surface area (Å²) in [7, 11) is 0. The molecule has 1 aromatic carbocycles.